The summed E-state index contributed by atoms with van der Waals surface area (Å²) in [5.74, 6) is 0.191. The van der Waals surface area contributed by atoms with Crippen LogP contribution in [0.2, 0.25) is 0 Å². The monoisotopic (exact) mass is 266 g/mol. The summed E-state index contributed by atoms with van der Waals surface area (Å²) in [7, 11) is 0. The third kappa shape index (κ3) is 3.63. The highest BCUT2D eigenvalue weighted by atomic mass is 79.9. The Bertz CT molecular complexity index is 394. The average molecular weight is 267 g/mol. The van der Waals surface area contributed by atoms with Crippen LogP contribution in [0.5, 0.6) is 0 Å². The molecule has 0 spiro atoms. The van der Waals surface area contributed by atoms with Crippen LogP contribution in [0.3, 0.4) is 0 Å². The maximum absolute atomic E-state index is 11.9. The summed E-state index contributed by atoms with van der Waals surface area (Å²) in [5, 5.41) is 0. The molecule has 0 N–H and O–H groups in total. The first kappa shape index (κ1) is 12.2. The molecule has 0 saturated heterocycles. The van der Waals surface area contributed by atoms with Crippen molar-refractivity contribution in [3.8, 4) is 0 Å². The van der Waals surface area contributed by atoms with E-state index in [0.29, 0.717) is 6.42 Å². The molecule has 0 saturated carbocycles. The second kappa shape index (κ2) is 5.26. The van der Waals surface area contributed by atoms with E-state index in [2.05, 4.69) is 22.5 Å². The molecule has 15 heavy (non-hydrogen) atoms. The first-order chi connectivity index (χ1) is 7.00. The first-order valence-corrected chi connectivity index (χ1v) is 5.73. The Kier molecular flexibility index (Phi) is 4.28. The minimum Gasteiger partial charge on any atom is -0.294 e. The van der Waals surface area contributed by atoms with E-state index in [9.17, 15) is 4.79 Å². The summed E-state index contributed by atoms with van der Waals surface area (Å²) in [5.41, 5.74) is 2.89. The Morgan fingerprint density at radius 2 is 2.07 bits per heavy atom. The van der Waals surface area contributed by atoms with Gasteiger partial charge in [0.15, 0.2) is 5.78 Å². The number of hydrogen-bond donors (Lipinski definition) is 0. The van der Waals surface area contributed by atoms with Crippen molar-refractivity contribution in [3.63, 3.8) is 0 Å². The fraction of sp³-hybridized carbons (Fsp3) is 0.308. The molecule has 0 heterocycles. The zero-order chi connectivity index (χ0) is 11.4. The van der Waals surface area contributed by atoms with E-state index in [0.717, 1.165) is 27.6 Å². The minimum atomic E-state index is 0.191. The smallest absolute Gasteiger partial charge is 0.163 e. The van der Waals surface area contributed by atoms with Gasteiger partial charge >= 0.3 is 0 Å². The van der Waals surface area contributed by atoms with Gasteiger partial charge in [-0.15, -0.1) is 6.58 Å². The van der Waals surface area contributed by atoms with Gasteiger partial charge in [0.25, 0.3) is 0 Å². The Labute approximate surface area is 99.3 Å². The van der Waals surface area contributed by atoms with Crippen molar-refractivity contribution >= 4 is 21.7 Å². The molecule has 0 aliphatic rings. The number of benzene rings is 1. The highest BCUT2D eigenvalue weighted by Crippen LogP contribution is 2.18. The zero-order valence-electron chi connectivity index (χ0n) is 9.14. The van der Waals surface area contributed by atoms with Crippen LogP contribution in [0.4, 0.5) is 0 Å². The summed E-state index contributed by atoms with van der Waals surface area (Å²) in [6.45, 7) is 7.70. The maximum Gasteiger partial charge on any atom is 0.163 e. The summed E-state index contributed by atoms with van der Waals surface area (Å²) >= 11 is 3.37. The lowest BCUT2D eigenvalue weighted by Gasteiger charge is -2.05. The molecule has 0 aromatic heterocycles. The SMILES string of the molecule is C=C(C)CCC(=O)c1cc(Br)ccc1C. The van der Waals surface area contributed by atoms with Gasteiger partial charge in [0.05, 0.1) is 0 Å². The molecule has 0 amide bonds. The van der Waals surface area contributed by atoms with Crippen molar-refractivity contribution < 1.29 is 4.79 Å². The predicted octanol–water partition coefficient (Wildman–Crippen LogP) is 4.30. The molecule has 0 aliphatic carbocycles. The average Bonchev–Trinajstić information content (AvgIpc) is 2.18. The fourth-order valence-electron chi connectivity index (χ4n) is 1.36. The molecule has 2 heteroatoms. The standard InChI is InChI=1S/C13H15BrO/c1-9(2)4-7-13(15)12-8-11(14)6-5-10(12)3/h5-6,8H,1,4,7H2,2-3H3. The van der Waals surface area contributed by atoms with E-state index in [-0.39, 0.29) is 5.78 Å². The number of ketones is 1. The number of halogens is 1. The molecule has 1 aromatic rings. The van der Waals surface area contributed by atoms with Crippen LogP contribution in [0, 0.1) is 6.92 Å². The van der Waals surface area contributed by atoms with Crippen molar-refractivity contribution in [1.82, 2.24) is 0 Å². The van der Waals surface area contributed by atoms with E-state index in [1.165, 1.54) is 0 Å². The van der Waals surface area contributed by atoms with Crippen molar-refractivity contribution in [1.29, 1.82) is 0 Å². The molecule has 0 atom stereocenters. The van der Waals surface area contributed by atoms with Crippen LogP contribution in [0.15, 0.2) is 34.8 Å². The Hall–Kier alpha value is -0.890. The third-order valence-corrected chi connectivity index (χ3v) is 2.77. The first-order valence-electron chi connectivity index (χ1n) is 4.94. The van der Waals surface area contributed by atoms with Crippen molar-refractivity contribution in [2.24, 2.45) is 0 Å². The second-order valence-electron chi connectivity index (χ2n) is 3.84. The highest BCUT2D eigenvalue weighted by Gasteiger charge is 2.09. The van der Waals surface area contributed by atoms with Gasteiger partial charge in [-0.3, -0.25) is 4.79 Å². The van der Waals surface area contributed by atoms with Crippen molar-refractivity contribution in [3.05, 3.63) is 46.0 Å². The fourth-order valence-corrected chi connectivity index (χ4v) is 1.72. The van der Waals surface area contributed by atoms with Crippen LogP contribution in [0.25, 0.3) is 0 Å². The lowest BCUT2D eigenvalue weighted by molar-refractivity contribution is 0.0982. The van der Waals surface area contributed by atoms with Crippen molar-refractivity contribution in [2.45, 2.75) is 26.7 Å². The van der Waals surface area contributed by atoms with Gasteiger partial charge in [0.2, 0.25) is 0 Å². The van der Waals surface area contributed by atoms with E-state index < -0.39 is 0 Å². The number of hydrogen-bond acceptors (Lipinski definition) is 1. The molecule has 80 valence electrons. The largest absolute Gasteiger partial charge is 0.294 e. The minimum absolute atomic E-state index is 0.191. The van der Waals surface area contributed by atoms with Gasteiger partial charge in [-0.2, -0.15) is 0 Å². The molecule has 0 fully saturated rings. The van der Waals surface area contributed by atoms with Crippen LogP contribution >= 0.6 is 15.9 Å². The van der Waals surface area contributed by atoms with Gasteiger partial charge in [-0.1, -0.05) is 27.6 Å². The van der Waals surface area contributed by atoms with Crippen LogP contribution in [-0.4, -0.2) is 5.78 Å². The second-order valence-corrected chi connectivity index (χ2v) is 4.76. The predicted molar refractivity (Wildman–Crippen MR) is 67.3 cm³/mol. The van der Waals surface area contributed by atoms with Gasteiger partial charge in [0, 0.05) is 16.5 Å². The van der Waals surface area contributed by atoms with Gasteiger partial charge in [-0.25, -0.2) is 0 Å². The number of allylic oxidation sites excluding steroid dienone is 1. The van der Waals surface area contributed by atoms with E-state index in [1.807, 2.05) is 32.0 Å². The number of rotatable bonds is 4. The normalized spacial score (nSPS) is 10.1. The van der Waals surface area contributed by atoms with E-state index >= 15 is 0 Å². The van der Waals surface area contributed by atoms with Gasteiger partial charge < -0.3 is 0 Å². The number of carbonyl (C=O) groups excluding carboxylic acids is 1. The number of carbonyl (C=O) groups is 1. The van der Waals surface area contributed by atoms with Gasteiger partial charge in [-0.05, 0) is 38.0 Å². The summed E-state index contributed by atoms with van der Waals surface area (Å²) in [6, 6.07) is 5.79. The molecule has 0 radical (unpaired) electrons. The Morgan fingerprint density at radius 1 is 1.40 bits per heavy atom. The molecule has 0 unspecified atom stereocenters. The zero-order valence-corrected chi connectivity index (χ0v) is 10.7. The molecule has 0 aliphatic heterocycles. The summed E-state index contributed by atoms with van der Waals surface area (Å²) in [6.07, 6.45) is 1.32. The molecule has 1 nitrogen and oxygen atoms in total. The number of aryl methyl sites for hydroxylation is 1. The lowest BCUT2D eigenvalue weighted by atomic mass is 10.0. The maximum atomic E-state index is 11.9. The Balaban J connectivity index is 2.81. The topological polar surface area (TPSA) is 17.1 Å². The quantitative estimate of drug-likeness (QED) is 0.587. The molecular formula is C13H15BrO. The molecule has 1 rings (SSSR count). The van der Waals surface area contributed by atoms with E-state index in [1.54, 1.807) is 0 Å². The van der Waals surface area contributed by atoms with Crippen LogP contribution in [0.1, 0.15) is 35.7 Å². The van der Waals surface area contributed by atoms with Crippen molar-refractivity contribution in [2.75, 3.05) is 0 Å². The van der Waals surface area contributed by atoms with Gasteiger partial charge in [0.1, 0.15) is 0 Å². The Morgan fingerprint density at radius 3 is 2.67 bits per heavy atom. The van der Waals surface area contributed by atoms with Crippen LogP contribution < -0.4 is 0 Å². The molecule has 1 aromatic carbocycles. The number of Topliss-reactive ketones (excluding diaryl/α,β-unsaturated/α-hetero) is 1. The van der Waals surface area contributed by atoms with E-state index in [4.69, 9.17) is 0 Å². The summed E-state index contributed by atoms with van der Waals surface area (Å²) < 4.78 is 0.951. The highest BCUT2D eigenvalue weighted by molar-refractivity contribution is 9.10. The van der Waals surface area contributed by atoms with Crippen LogP contribution in [-0.2, 0) is 0 Å². The lowest BCUT2D eigenvalue weighted by Crippen LogP contribution is -2.01. The summed E-state index contributed by atoms with van der Waals surface area (Å²) in [4.78, 5) is 11.9. The molecular weight excluding hydrogens is 252 g/mol. The third-order valence-electron chi connectivity index (χ3n) is 2.28. The molecule has 0 bridgehead atoms.